The van der Waals surface area contributed by atoms with Gasteiger partial charge in [0.05, 0.1) is 24.0 Å². The summed E-state index contributed by atoms with van der Waals surface area (Å²) in [5.74, 6) is -0.121. The smallest absolute Gasteiger partial charge is 0.330 e. The maximum atomic E-state index is 12.0. The summed E-state index contributed by atoms with van der Waals surface area (Å²) in [6, 6.07) is 18.6. The fourth-order valence-corrected chi connectivity index (χ4v) is 3.87. The minimum atomic E-state index is -0.339. The molecule has 146 valence electrons. The number of rotatable bonds is 5. The summed E-state index contributed by atoms with van der Waals surface area (Å²) in [6.45, 7) is 6.46. The second-order valence-electron chi connectivity index (χ2n) is 7.27. The van der Waals surface area contributed by atoms with Crippen molar-refractivity contribution in [3.8, 4) is 11.1 Å². The monoisotopic (exact) mass is 384 g/mol. The molecule has 4 heteroatoms. The molecule has 0 fully saturated rings. The largest absolute Gasteiger partial charge is 0.463 e. The first-order chi connectivity index (χ1) is 14.1. The molecule has 0 unspecified atom stereocenters. The highest BCUT2D eigenvalue weighted by Crippen LogP contribution is 2.39. The number of hydrogen-bond acceptors (Lipinski definition) is 3. The maximum Gasteiger partial charge on any atom is 0.330 e. The van der Waals surface area contributed by atoms with Gasteiger partial charge in [0, 0.05) is 28.0 Å². The summed E-state index contributed by atoms with van der Waals surface area (Å²) >= 11 is 0. The molecule has 4 aromatic rings. The minimum absolute atomic E-state index is 0.218. The quantitative estimate of drug-likeness (QED) is 0.320. The Balaban J connectivity index is 2.12. The molecule has 2 aromatic heterocycles. The molecule has 29 heavy (non-hydrogen) atoms. The third-order valence-corrected chi connectivity index (χ3v) is 5.03. The number of esters is 1. The van der Waals surface area contributed by atoms with Gasteiger partial charge in [-0.3, -0.25) is 0 Å². The number of ether oxygens (including phenoxy) is 1. The molecule has 0 radical (unpaired) electrons. The highest BCUT2D eigenvalue weighted by molar-refractivity contribution is 6.06. The van der Waals surface area contributed by atoms with Gasteiger partial charge < -0.3 is 4.74 Å². The van der Waals surface area contributed by atoms with E-state index >= 15 is 0 Å². The summed E-state index contributed by atoms with van der Waals surface area (Å²) < 4.78 is 7.13. The van der Waals surface area contributed by atoms with E-state index in [4.69, 9.17) is 9.84 Å². The van der Waals surface area contributed by atoms with E-state index in [9.17, 15) is 4.79 Å². The third kappa shape index (κ3) is 3.42. The van der Waals surface area contributed by atoms with Crippen molar-refractivity contribution >= 4 is 28.3 Å². The van der Waals surface area contributed by atoms with Gasteiger partial charge in [-0.2, -0.15) is 5.10 Å². The standard InChI is InChI=1S/C25H24N2O2/c1-4-29-22(28)15-14-21-23(18-10-6-5-7-11-18)25-20-13-9-8-12-19(20)16-26-27(25)24(21)17(2)3/h5-17H,4H2,1-3H3/b15-14+. The average molecular weight is 384 g/mol. The third-order valence-electron chi connectivity index (χ3n) is 5.03. The van der Waals surface area contributed by atoms with Crippen molar-refractivity contribution in [3.05, 3.63) is 78.1 Å². The normalized spacial score (nSPS) is 11.7. The van der Waals surface area contributed by atoms with E-state index in [1.807, 2.05) is 54.0 Å². The molecule has 4 rings (SSSR count). The van der Waals surface area contributed by atoms with E-state index in [2.05, 4.69) is 38.1 Å². The zero-order chi connectivity index (χ0) is 20.4. The van der Waals surface area contributed by atoms with Gasteiger partial charge in [-0.25, -0.2) is 9.31 Å². The molecule has 0 aliphatic carbocycles. The van der Waals surface area contributed by atoms with Crippen LogP contribution in [0.5, 0.6) is 0 Å². The van der Waals surface area contributed by atoms with Crippen LogP contribution in [0.15, 0.2) is 66.9 Å². The van der Waals surface area contributed by atoms with Gasteiger partial charge in [0.2, 0.25) is 0 Å². The second kappa shape index (κ2) is 7.92. The lowest BCUT2D eigenvalue weighted by molar-refractivity contribution is -0.137. The molecule has 4 nitrogen and oxygen atoms in total. The molecule has 0 aliphatic rings. The van der Waals surface area contributed by atoms with Crippen molar-refractivity contribution in [1.29, 1.82) is 0 Å². The number of hydrogen-bond donors (Lipinski definition) is 0. The number of carbonyl (C=O) groups is 1. The summed E-state index contributed by atoms with van der Waals surface area (Å²) in [7, 11) is 0. The molecule has 0 aliphatic heterocycles. The van der Waals surface area contributed by atoms with Crippen LogP contribution in [-0.4, -0.2) is 22.2 Å². The molecular formula is C25H24N2O2. The van der Waals surface area contributed by atoms with Gasteiger partial charge in [-0.1, -0.05) is 68.4 Å². The molecule has 2 aromatic carbocycles. The van der Waals surface area contributed by atoms with E-state index in [1.54, 1.807) is 0 Å². The Morgan fingerprint density at radius 3 is 2.55 bits per heavy atom. The molecule has 0 atom stereocenters. The Hall–Kier alpha value is -3.40. The van der Waals surface area contributed by atoms with Crippen LogP contribution in [0.3, 0.4) is 0 Å². The number of nitrogens with zero attached hydrogens (tertiary/aromatic N) is 2. The Labute approximate surface area is 170 Å². The average Bonchev–Trinajstić information content (AvgIpc) is 3.08. The van der Waals surface area contributed by atoms with Crippen LogP contribution in [-0.2, 0) is 9.53 Å². The zero-order valence-corrected chi connectivity index (χ0v) is 16.9. The van der Waals surface area contributed by atoms with Crippen LogP contribution in [0.25, 0.3) is 33.5 Å². The van der Waals surface area contributed by atoms with Gasteiger partial charge >= 0.3 is 5.97 Å². The number of aromatic nitrogens is 2. The molecular weight excluding hydrogens is 360 g/mol. The lowest BCUT2D eigenvalue weighted by Gasteiger charge is -2.08. The van der Waals surface area contributed by atoms with Crippen molar-refractivity contribution in [1.82, 2.24) is 9.61 Å². The number of carbonyl (C=O) groups excluding carboxylic acids is 1. The first kappa shape index (κ1) is 18.9. The number of benzene rings is 2. The molecule has 2 heterocycles. The van der Waals surface area contributed by atoms with Gasteiger partial charge in [0.25, 0.3) is 0 Å². The molecule has 0 amide bonds. The maximum absolute atomic E-state index is 12.0. The molecule has 0 N–H and O–H groups in total. The van der Waals surface area contributed by atoms with Crippen LogP contribution in [0.4, 0.5) is 0 Å². The molecule has 0 saturated carbocycles. The summed E-state index contributed by atoms with van der Waals surface area (Å²) in [5, 5.41) is 6.99. The van der Waals surface area contributed by atoms with Crippen molar-refractivity contribution in [3.63, 3.8) is 0 Å². The van der Waals surface area contributed by atoms with Gasteiger partial charge in [0.15, 0.2) is 0 Å². The van der Waals surface area contributed by atoms with Crippen molar-refractivity contribution in [2.75, 3.05) is 6.61 Å². The van der Waals surface area contributed by atoms with Crippen molar-refractivity contribution in [2.45, 2.75) is 26.7 Å². The summed E-state index contributed by atoms with van der Waals surface area (Å²) in [6.07, 6.45) is 5.29. The first-order valence-electron chi connectivity index (χ1n) is 9.94. The summed E-state index contributed by atoms with van der Waals surface area (Å²) in [4.78, 5) is 12.0. The SMILES string of the molecule is CCOC(=O)/C=C/c1c(-c2ccccc2)c2c3ccccc3cnn2c1C(C)C. The molecule has 0 bridgehead atoms. The highest BCUT2D eigenvalue weighted by Gasteiger charge is 2.22. The fraction of sp³-hybridized carbons (Fsp3) is 0.200. The predicted octanol–water partition coefficient (Wildman–Crippen LogP) is 5.85. The second-order valence-corrected chi connectivity index (χ2v) is 7.27. The van der Waals surface area contributed by atoms with Crippen molar-refractivity contribution in [2.24, 2.45) is 0 Å². The van der Waals surface area contributed by atoms with Crippen LogP contribution >= 0.6 is 0 Å². The first-order valence-corrected chi connectivity index (χ1v) is 9.94. The summed E-state index contributed by atoms with van der Waals surface area (Å²) in [5.41, 5.74) is 5.31. The van der Waals surface area contributed by atoms with Crippen LogP contribution < -0.4 is 0 Å². The van der Waals surface area contributed by atoms with E-state index in [-0.39, 0.29) is 11.9 Å². The minimum Gasteiger partial charge on any atom is -0.463 e. The molecule has 0 saturated heterocycles. The lowest BCUT2D eigenvalue weighted by atomic mass is 9.96. The lowest BCUT2D eigenvalue weighted by Crippen LogP contribution is -2.01. The Kier molecular flexibility index (Phi) is 5.17. The predicted molar refractivity (Wildman–Crippen MR) is 118 cm³/mol. The Morgan fingerprint density at radius 2 is 1.83 bits per heavy atom. The van der Waals surface area contributed by atoms with Crippen LogP contribution in [0, 0.1) is 0 Å². The zero-order valence-electron chi connectivity index (χ0n) is 16.9. The van der Waals surface area contributed by atoms with E-state index in [0.717, 1.165) is 38.7 Å². The van der Waals surface area contributed by atoms with Gasteiger partial charge in [-0.15, -0.1) is 0 Å². The topological polar surface area (TPSA) is 43.6 Å². The van der Waals surface area contributed by atoms with Gasteiger partial charge in [0.1, 0.15) is 0 Å². The molecule has 0 spiro atoms. The van der Waals surface area contributed by atoms with Crippen molar-refractivity contribution < 1.29 is 9.53 Å². The van der Waals surface area contributed by atoms with E-state index < -0.39 is 0 Å². The Bertz CT molecular complexity index is 1200. The van der Waals surface area contributed by atoms with E-state index in [1.165, 1.54) is 6.08 Å². The highest BCUT2D eigenvalue weighted by atomic mass is 16.5. The van der Waals surface area contributed by atoms with Crippen LogP contribution in [0.2, 0.25) is 0 Å². The fourth-order valence-electron chi connectivity index (χ4n) is 3.87. The Morgan fingerprint density at radius 1 is 1.10 bits per heavy atom. The van der Waals surface area contributed by atoms with Gasteiger partial charge in [-0.05, 0) is 24.5 Å². The van der Waals surface area contributed by atoms with E-state index in [0.29, 0.717) is 6.61 Å². The number of fused-ring (bicyclic) bond motifs is 3. The van der Waals surface area contributed by atoms with Crippen LogP contribution in [0.1, 0.15) is 37.9 Å².